The predicted octanol–water partition coefficient (Wildman–Crippen LogP) is 2.67. The zero-order valence-electron chi connectivity index (χ0n) is 15.1. The minimum Gasteiger partial charge on any atom is -0.343 e. The average molecular weight is 373 g/mol. The van der Waals surface area contributed by atoms with Crippen molar-refractivity contribution < 1.29 is 4.63 Å². The van der Waals surface area contributed by atoms with Crippen LogP contribution in [0.4, 0.5) is 5.82 Å². The number of aromatic amines is 1. The van der Waals surface area contributed by atoms with Crippen molar-refractivity contribution in [3.8, 4) is 6.07 Å². The highest BCUT2D eigenvalue weighted by Crippen LogP contribution is 2.47. The Morgan fingerprint density at radius 1 is 1.18 bits per heavy atom. The number of piperidine rings is 2. The zero-order chi connectivity index (χ0) is 18.7. The number of anilines is 1. The fourth-order valence-electron chi connectivity index (χ4n) is 5.25. The number of H-pyrrole nitrogens is 1. The van der Waals surface area contributed by atoms with Gasteiger partial charge in [0.25, 0.3) is 0 Å². The molecule has 4 aliphatic rings. The van der Waals surface area contributed by atoms with Crippen LogP contribution in [0.1, 0.15) is 36.3 Å². The van der Waals surface area contributed by atoms with E-state index in [9.17, 15) is 5.26 Å². The zero-order valence-corrected chi connectivity index (χ0v) is 15.1. The van der Waals surface area contributed by atoms with Crippen LogP contribution in [0.2, 0.25) is 0 Å². The summed E-state index contributed by atoms with van der Waals surface area (Å²) in [6.07, 6.45) is 5.32. The van der Waals surface area contributed by atoms with E-state index in [-0.39, 0.29) is 5.92 Å². The van der Waals surface area contributed by atoms with Gasteiger partial charge in [0.05, 0.1) is 23.8 Å². The quantitative estimate of drug-likeness (QED) is 0.632. The normalized spacial score (nSPS) is 28.8. The molecule has 1 saturated carbocycles. The van der Waals surface area contributed by atoms with E-state index in [2.05, 4.69) is 37.2 Å². The summed E-state index contributed by atoms with van der Waals surface area (Å²) in [7, 11) is 0. The number of benzene rings is 1. The van der Waals surface area contributed by atoms with Crippen LogP contribution < -0.4 is 10.6 Å². The molecular weight excluding hydrogens is 354 g/mol. The van der Waals surface area contributed by atoms with E-state index in [0.717, 1.165) is 47.6 Å². The number of nitrogens with zero attached hydrogens (tertiary/aromatic N) is 4. The van der Waals surface area contributed by atoms with Crippen LogP contribution in [0.5, 0.6) is 0 Å². The molecule has 3 N–H and O–H groups in total. The standard InChI is InChI=1S/C20H19N7O/c21-7-13-17(11-2-1-3-16-19(11)27-28-26-16)14-9-23-25-20(14)24-18(13)12-6-10-4-5-15(12)22-8-10/h1-3,9-10,12,15,17,22H,4-6,8H2,(H2,23,24,25)/t10-,12-,15+,17?/m1/s1. The van der Waals surface area contributed by atoms with Crippen LogP contribution in [-0.2, 0) is 0 Å². The van der Waals surface area contributed by atoms with E-state index in [1.54, 1.807) is 6.20 Å². The average Bonchev–Trinajstić information content (AvgIpc) is 3.42. The second-order valence-corrected chi connectivity index (χ2v) is 7.98. The van der Waals surface area contributed by atoms with Gasteiger partial charge in [-0.15, -0.1) is 0 Å². The number of rotatable bonds is 2. The van der Waals surface area contributed by atoms with Crippen molar-refractivity contribution in [2.75, 3.05) is 11.9 Å². The van der Waals surface area contributed by atoms with Crippen molar-refractivity contribution >= 4 is 16.9 Å². The van der Waals surface area contributed by atoms with Gasteiger partial charge >= 0.3 is 0 Å². The predicted molar refractivity (Wildman–Crippen MR) is 101 cm³/mol. The highest BCUT2D eigenvalue weighted by Gasteiger charge is 2.42. The Morgan fingerprint density at radius 2 is 2.14 bits per heavy atom. The van der Waals surface area contributed by atoms with E-state index in [1.165, 1.54) is 6.42 Å². The van der Waals surface area contributed by atoms with Crippen molar-refractivity contribution in [3.05, 3.63) is 46.8 Å². The van der Waals surface area contributed by atoms with Crippen molar-refractivity contribution in [1.82, 2.24) is 25.8 Å². The lowest BCUT2D eigenvalue weighted by atomic mass is 9.70. The molecule has 4 atom stereocenters. The van der Waals surface area contributed by atoms with Gasteiger partial charge in [0.1, 0.15) is 16.9 Å². The van der Waals surface area contributed by atoms with Crippen molar-refractivity contribution in [1.29, 1.82) is 5.26 Å². The van der Waals surface area contributed by atoms with E-state index in [1.807, 2.05) is 18.2 Å². The summed E-state index contributed by atoms with van der Waals surface area (Å²) in [5.41, 5.74) is 5.01. The van der Waals surface area contributed by atoms with Gasteiger partial charge in [-0.05, 0) is 53.7 Å². The third-order valence-corrected chi connectivity index (χ3v) is 6.57. The van der Waals surface area contributed by atoms with Gasteiger partial charge in [0.2, 0.25) is 0 Å². The smallest absolute Gasteiger partial charge is 0.139 e. The van der Waals surface area contributed by atoms with Gasteiger partial charge in [-0.3, -0.25) is 5.10 Å². The third kappa shape index (κ3) is 2.17. The van der Waals surface area contributed by atoms with Gasteiger partial charge in [-0.25, -0.2) is 4.63 Å². The van der Waals surface area contributed by atoms with Crippen LogP contribution in [0.15, 0.2) is 40.3 Å². The fourth-order valence-corrected chi connectivity index (χ4v) is 5.25. The molecular formula is C20H19N7O. The van der Waals surface area contributed by atoms with Gasteiger partial charge in [-0.2, -0.15) is 10.4 Å². The van der Waals surface area contributed by atoms with E-state index in [0.29, 0.717) is 28.9 Å². The van der Waals surface area contributed by atoms with Crippen molar-refractivity contribution in [2.45, 2.75) is 31.2 Å². The summed E-state index contributed by atoms with van der Waals surface area (Å²) < 4.78 is 4.97. The molecule has 1 aromatic carbocycles. The largest absolute Gasteiger partial charge is 0.343 e. The first-order valence-corrected chi connectivity index (χ1v) is 9.72. The van der Waals surface area contributed by atoms with Crippen LogP contribution >= 0.6 is 0 Å². The molecule has 28 heavy (non-hydrogen) atoms. The number of fused-ring (bicyclic) bond motifs is 5. The van der Waals surface area contributed by atoms with E-state index < -0.39 is 0 Å². The van der Waals surface area contributed by atoms with Crippen LogP contribution in [-0.4, -0.2) is 33.1 Å². The number of aromatic nitrogens is 4. The minimum absolute atomic E-state index is 0.244. The summed E-state index contributed by atoms with van der Waals surface area (Å²) in [5, 5.41) is 32.8. The van der Waals surface area contributed by atoms with Gasteiger partial charge in [-0.1, -0.05) is 12.1 Å². The maximum Gasteiger partial charge on any atom is 0.139 e. The topological polar surface area (TPSA) is 115 Å². The first-order chi connectivity index (χ1) is 13.8. The number of nitriles is 1. The summed E-state index contributed by atoms with van der Waals surface area (Å²) in [4.78, 5) is 0. The Morgan fingerprint density at radius 3 is 2.93 bits per heavy atom. The van der Waals surface area contributed by atoms with Gasteiger partial charge in [0, 0.05) is 23.2 Å². The molecule has 0 spiro atoms. The van der Waals surface area contributed by atoms with Gasteiger partial charge in [0.15, 0.2) is 0 Å². The van der Waals surface area contributed by atoms with Crippen molar-refractivity contribution in [2.24, 2.45) is 11.8 Å². The highest BCUT2D eigenvalue weighted by atomic mass is 16.6. The van der Waals surface area contributed by atoms with E-state index in [4.69, 9.17) is 4.63 Å². The van der Waals surface area contributed by atoms with Gasteiger partial charge < -0.3 is 10.6 Å². The van der Waals surface area contributed by atoms with E-state index >= 15 is 0 Å². The van der Waals surface area contributed by atoms with Crippen LogP contribution in [0, 0.1) is 23.2 Å². The molecule has 0 amide bonds. The Labute approximate surface area is 161 Å². The SMILES string of the molecule is N#CC1=C([C@@H]2C[C@H]3CC[C@@H]2NC3)Nc2[nH]ncc2C1c1cccc2nonc12. The molecule has 1 unspecified atom stereocenters. The molecule has 2 saturated heterocycles. The second-order valence-electron chi connectivity index (χ2n) is 7.98. The number of hydrogen-bond acceptors (Lipinski definition) is 7. The Hall–Kier alpha value is -3.18. The molecule has 5 heterocycles. The molecule has 7 rings (SSSR count). The molecule has 3 aromatic rings. The lowest BCUT2D eigenvalue weighted by Gasteiger charge is -2.45. The first kappa shape index (κ1) is 15.8. The molecule has 2 bridgehead atoms. The number of allylic oxidation sites excluding steroid dienone is 1. The highest BCUT2D eigenvalue weighted by molar-refractivity contribution is 5.80. The summed E-state index contributed by atoms with van der Waals surface area (Å²) >= 11 is 0. The summed E-state index contributed by atoms with van der Waals surface area (Å²) in [5.74, 6) is 1.59. The molecule has 3 fully saturated rings. The molecule has 2 aromatic heterocycles. The number of nitrogens with one attached hydrogen (secondary N) is 3. The minimum atomic E-state index is -0.244. The summed E-state index contributed by atoms with van der Waals surface area (Å²) in [6, 6.07) is 8.72. The number of hydrogen-bond donors (Lipinski definition) is 3. The Bertz CT molecular complexity index is 1130. The summed E-state index contributed by atoms with van der Waals surface area (Å²) in [6.45, 7) is 1.08. The molecule has 8 heteroatoms. The molecule has 8 nitrogen and oxygen atoms in total. The van der Waals surface area contributed by atoms with Crippen molar-refractivity contribution in [3.63, 3.8) is 0 Å². The Kier molecular flexibility index (Phi) is 3.34. The first-order valence-electron chi connectivity index (χ1n) is 9.72. The fraction of sp³-hybridized carbons (Fsp3) is 0.400. The maximum absolute atomic E-state index is 10.2. The van der Waals surface area contributed by atoms with Crippen LogP contribution in [0.3, 0.4) is 0 Å². The maximum atomic E-state index is 10.2. The molecule has 1 aliphatic carbocycles. The lowest BCUT2D eigenvalue weighted by molar-refractivity contribution is 0.160. The molecule has 3 aliphatic heterocycles. The molecule has 0 radical (unpaired) electrons. The monoisotopic (exact) mass is 373 g/mol. The Balaban J connectivity index is 1.55. The molecule has 140 valence electrons. The second kappa shape index (κ2) is 5.91. The third-order valence-electron chi connectivity index (χ3n) is 6.57. The lowest BCUT2D eigenvalue weighted by Crippen LogP contribution is -2.52. The van der Waals surface area contributed by atoms with Crippen LogP contribution in [0.25, 0.3) is 11.0 Å².